The Labute approximate surface area is 122 Å². The molecule has 0 aliphatic rings. The lowest BCUT2D eigenvalue weighted by Gasteiger charge is -2.21. The summed E-state index contributed by atoms with van der Waals surface area (Å²) >= 11 is 3.37. The molecule has 1 amide bonds. The van der Waals surface area contributed by atoms with Crippen LogP contribution in [0.4, 0.5) is 0 Å². The lowest BCUT2D eigenvalue weighted by molar-refractivity contribution is -0.122. The molecule has 1 aromatic rings. The molecule has 0 saturated heterocycles. The van der Waals surface area contributed by atoms with Crippen molar-refractivity contribution in [3.8, 4) is 0 Å². The van der Waals surface area contributed by atoms with Crippen LogP contribution in [0.25, 0.3) is 0 Å². The highest BCUT2D eigenvalue weighted by molar-refractivity contribution is 9.10. The Morgan fingerprint density at radius 2 is 2.00 bits per heavy atom. The largest absolute Gasteiger partial charge is 0.393 e. The van der Waals surface area contributed by atoms with Gasteiger partial charge in [-0.15, -0.1) is 0 Å². The number of benzene rings is 1. The van der Waals surface area contributed by atoms with Crippen molar-refractivity contribution in [3.05, 3.63) is 34.3 Å². The second-order valence-corrected chi connectivity index (χ2v) is 6.00. The van der Waals surface area contributed by atoms with Gasteiger partial charge < -0.3 is 15.5 Å². The summed E-state index contributed by atoms with van der Waals surface area (Å²) in [6.45, 7) is 3.13. The third kappa shape index (κ3) is 5.72. The number of carbonyl (C=O) groups excluding carboxylic acids is 1. The average Bonchev–Trinajstić information content (AvgIpc) is 2.37. The predicted molar refractivity (Wildman–Crippen MR) is 77.9 cm³/mol. The maximum absolute atomic E-state index is 11.7. The number of rotatable bonds is 6. The number of nitrogens with one attached hydrogen (secondary N) is 1. The predicted octanol–water partition coefficient (Wildman–Crippen LogP) is 1.80. The van der Waals surface area contributed by atoms with Gasteiger partial charge in [0.1, 0.15) is 5.60 Å². The number of carbonyl (C=O) groups is 1. The third-order valence-corrected chi connectivity index (χ3v) is 3.47. The van der Waals surface area contributed by atoms with Gasteiger partial charge in [-0.2, -0.15) is 0 Å². The van der Waals surface area contributed by atoms with Crippen molar-refractivity contribution in [2.24, 2.45) is 0 Å². The molecule has 1 rings (SSSR count). The Morgan fingerprint density at radius 1 is 1.42 bits per heavy atom. The van der Waals surface area contributed by atoms with E-state index in [0.717, 1.165) is 10.0 Å². The number of hydrogen-bond donors (Lipinski definition) is 3. The minimum absolute atomic E-state index is 0.0510. The van der Waals surface area contributed by atoms with E-state index in [0.29, 0.717) is 6.42 Å². The molecule has 5 heteroatoms. The lowest BCUT2D eigenvalue weighted by atomic mass is 9.97. The number of hydrogen-bond acceptors (Lipinski definition) is 3. The first-order valence-corrected chi connectivity index (χ1v) is 6.99. The molecule has 0 bridgehead atoms. The molecule has 4 nitrogen and oxygen atoms in total. The standard InChI is InChI=1S/C14H20BrNO3/c1-10(11-3-5-12(15)6-4-11)7-13(18)16-8-14(2,19)9-17/h3-6,10,17,19H,7-9H2,1-2H3,(H,16,18). The highest BCUT2D eigenvalue weighted by Gasteiger charge is 2.20. The van der Waals surface area contributed by atoms with Crippen LogP contribution < -0.4 is 5.32 Å². The smallest absolute Gasteiger partial charge is 0.220 e. The second-order valence-electron chi connectivity index (χ2n) is 5.09. The van der Waals surface area contributed by atoms with Crippen molar-refractivity contribution in [2.75, 3.05) is 13.2 Å². The number of halogens is 1. The summed E-state index contributed by atoms with van der Waals surface area (Å²) in [7, 11) is 0. The van der Waals surface area contributed by atoms with Gasteiger partial charge in [0.15, 0.2) is 0 Å². The molecule has 0 aliphatic carbocycles. The third-order valence-electron chi connectivity index (χ3n) is 2.94. The van der Waals surface area contributed by atoms with Crippen LogP contribution in [0.3, 0.4) is 0 Å². The zero-order valence-corrected chi connectivity index (χ0v) is 12.8. The Kier molecular flexibility index (Phi) is 5.97. The maximum Gasteiger partial charge on any atom is 0.220 e. The first kappa shape index (κ1) is 16.1. The van der Waals surface area contributed by atoms with Crippen molar-refractivity contribution in [1.82, 2.24) is 5.32 Å². The minimum atomic E-state index is -1.27. The minimum Gasteiger partial charge on any atom is -0.393 e. The summed E-state index contributed by atoms with van der Waals surface area (Å²) in [5.74, 6) is -0.0312. The van der Waals surface area contributed by atoms with Crippen LogP contribution in [0.15, 0.2) is 28.7 Å². The van der Waals surface area contributed by atoms with Gasteiger partial charge in [-0.25, -0.2) is 0 Å². The summed E-state index contributed by atoms with van der Waals surface area (Å²) in [6, 6.07) is 7.85. The Morgan fingerprint density at radius 3 is 2.53 bits per heavy atom. The number of amides is 1. The van der Waals surface area contributed by atoms with Crippen LogP contribution in [0, 0.1) is 0 Å². The molecule has 2 unspecified atom stereocenters. The van der Waals surface area contributed by atoms with Crippen LogP contribution in [0.1, 0.15) is 31.7 Å². The van der Waals surface area contributed by atoms with E-state index in [4.69, 9.17) is 5.11 Å². The monoisotopic (exact) mass is 329 g/mol. The molecule has 0 saturated carbocycles. The van der Waals surface area contributed by atoms with E-state index in [9.17, 15) is 9.90 Å². The van der Waals surface area contributed by atoms with Crippen molar-refractivity contribution < 1.29 is 15.0 Å². The first-order chi connectivity index (χ1) is 8.84. The SMILES string of the molecule is CC(CC(=O)NCC(C)(O)CO)c1ccc(Br)cc1. The molecule has 0 fully saturated rings. The average molecular weight is 330 g/mol. The number of aliphatic hydroxyl groups is 2. The van der Waals surface area contributed by atoms with E-state index in [2.05, 4.69) is 21.2 Å². The molecule has 0 aromatic heterocycles. The quantitative estimate of drug-likeness (QED) is 0.745. The zero-order chi connectivity index (χ0) is 14.5. The molecule has 3 N–H and O–H groups in total. The molecule has 106 valence electrons. The molecule has 19 heavy (non-hydrogen) atoms. The van der Waals surface area contributed by atoms with E-state index in [1.807, 2.05) is 31.2 Å². The fraction of sp³-hybridized carbons (Fsp3) is 0.500. The molecular weight excluding hydrogens is 310 g/mol. The van der Waals surface area contributed by atoms with Gasteiger partial charge >= 0.3 is 0 Å². The molecule has 1 aromatic carbocycles. The van der Waals surface area contributed by atoms with E-state index >= 15 is 0 Å². The van der Waals surface area contributed by atoms with Crippen LogP contribution in [-0.4, -0.2) is 34.9 Å². The van der Waals surface area contributed by atoms with Crippen molar-refractivity contribution in [2.45, 2.75) is 31.8 Å². The summed E-state index contributed by atoms with van der Waals surface area (Å²) in [5, 5.41) is 21.1. The first-order valence-electron chi connectivity index (χ1n) is 6.19. The van der Waals surface area contributed by atoms with Crippen LogP contribution in [0.5, 0.6) is 0 Å². The Balaban J connectivity index is 2.46. The van der Waals surface area contributed by atoms with Gasteiger partial charge in [-0.3, -0.25) is 4.79 Å². The van der Waals surface area contributed by atoms with Crippen molar-refractivity contribution >= 4 is 21.8 Å². The summed E-state index contributed by atoms with van der Waals surface area (Å²) in [5.41, 5.74) is -0.177. The maximum atomic E-state index is 11.7. The lowest BCUT2D eigenvalue weighted by Crippen LogP contribution is -2.43. The van der Waals surface area contributed by atoms with Crippen molar-refractivity contribution in [1.29, 1.82) is 0 Å². The topological polar surface area (TPSA) is 69.6 Å². The summed E-state index contributed by atoms with van der Waals surface area (Å²) in [4.78, 5) is 11.7. The zero-order valence-electron chi connectivity index (χ0n) is 11.2. The highest BCUT2D eigenvalue weighted by atomic mass is 79.9. The van der Waals surface area contributed by atoms with Crippen LogP contribution >= 0.6 is 15.9 Å². The van der Waals surface area contributed by atoms with Gasteiger partial charge in [0.2, 0.25) is 5.91 Å². The molecule has 0 heterocycles. The molecule has 0 spiro atoms. The second kappa shape index (κ2) is 7.03. The van der Waals surface area contributed by atoms with Gasteiger partial charge in [-0.1, -0.05) is 35.0 Å². The van der Waals surface area contributed by atoms with Gasteiger partial charge in [-0.05, 0) is 30.5 Å². The summed E-state index contributed by atoms with van der Waals surface area (Å²) in [6.07, 6.45) is 0.350. The fourth-order valence-corrected chi connectivity index (χ4v) is 1.87. The summed E-state index contributed by atoms with van der Waals surface area (Å²) < 4.78 is 1.01. The molecule has 0 radical (unpaired) electrons. The van der Waals surface area contributed by atoms with Crippen LogP contribution in [0.2, 0.25) is 0 Å². The van der Waals surface area contributed by atoms with Crippen LogP contribution in [-0.2, 0) is 4.79 Å². The molecule has 2 atom stereocenters. The molecular formula is C14H20BrNO3. The van der Waals surface area contributed by atoms with Gasteiger partial charge in [0, 0.05) is 17.4 Å². The van der Waals surface area contributed by atoms with Gasteiger partial charge in [0.05, 0.1) is 6.61 Å². The van der Waals surface area contributed by atoms with E-state index in [1.54, 1.807) is 0 Å². The van der Waals surface area contributed by atoms with Crippen molar-refractivity contribution in [3.63, 3.8) is 0 Å². The number of aliphatic hydroxyl groups excluding tert-OH is 1. The fourth-order valence-electron chi connectivity index (χ4n) is 1.60. The van der Waals surface area contributed by atoms with E-state index < -0.39 is 5.60 Å². The highest BCUT2D eigenvalue weighted by Crippen LogP contribution is 2.21. The Bertz CT molecular complexity index is 417. The van der Waals surface area contributed by atoms with Gasteiger partial charge in [0.25, 0.3) is 0 Å². The van der Waals surface area contributed by atoms with E-state index in [-0.39, 0.29) is 25.0 Å². The van der Waals surface area contributed by atoms with E-state index in [1.165, 1.54) is 6.92 Å². The Hall–Kier alpha value is -0.910. The molecule has 0 aliphatic heterocycles. The normalized spacial score (nSPS) is 15.6.